The van der Waals surface area contributed by atoms with Crippen LogP contribution in [0.5, 0.6) is 0 Å². The molecule has 9 heteroatoms. The molecule has 124 valence electrons. The average molecular weight is 320 g/mol. The Bertz CT molecular complexity index is 767. The van der Waals surface area contributed by atoms with E-state index in [0.29, 0.717) is 32.0 Å². The highest BCUT2D eigenvalue weighted by molar-refractivity contribution is 5.68. The van der Waals surface area contributed by atoms with Gasteiger partial charge in [-0.3, -0.25) is 0 Å². The van der Waals surface area contributed by atoms with Gasteiger partial charge in [0.2, 0.25) is 0 Å². The summed E-state index contributed by atoms with van der Waals surface area (Å²) in [4.78, 5) is 31.6. The number of hydrogen-bond acceptors (Lipinski definition) is 6. The van der Waals surface area contributed by atoms with Gasteiger partial charge in [0.1, 0.15) is 11.4 Å². The number of anilines is 1. The molecule has 23 heavy (non-hydrogen) atoms. The number of rotatable bonds is 1. The van der Waals surface area contributed by atoms with Crippen LogP contribution in [0.4, 0.5) is 10.6 Å². The van der Waals surface area contributed by atoms with E-state index in [-0.39, 0.29) is 11.8 Å². The number of fused-ring (bicyclic) bond motifs is 1. The van der Waals surface area contributed by atoms with Crippen LogP contribution in [0.25, 0.3) is 5.78 Å². The molecule has 2 aromatic rings. The van der Waals surface area contributed by atoms with E-state index in [0.717, 1.165) is 5.82 Å². The topological polar surface area (TPSA) is 95.8 Å². The van der Waals surface area contributed by atoms with Gasteiger partial charge in [0.05, 0.1) is 0 Å². The van der Waals surface area contributed by atoms with E-state index in [2.05, 4.69) is 20.1 Å². The molecule has 1 aliphatic heterocycles. The first-order chi connectivity index (χ1) is 10.8. The third-order valence-corrected chi connectivity index (χ3v) is 3.53. The predicted octanol–water partition coefficient (Wildman–Crippen LogP) is 0.475. The summed E-state index contributed by atoms with van der Waals surface area (Å²) in [6, 6.07) is 1.77. The van der Waals surface area contributed by atoms with Crippen molar-refractivity contribution in [1.82, 2.24) is 24.5 Å². The average Bonchev–Trinajstić information content (AvgIpc) is 2.87. The first kappa shape index (κ1) is 15.3. The minimum atomic E-state index is -0.492. The van der Waals surface area contributed by atoms with Crippen molar-refractivity contribution in [2.75, 3.05) is 31.1 Å². The van der Waals surface area contributed by atoms with Crippen LogP contribution in [0.2, 0.25) is 0 Å². The summed E-state index contributed by atoms with van der Waals surface area (Å²) in [5.74, 6) is 1.07. The van der Waals surface area contributed by atoms with Gasteiger partial charge >= 0.3 is 11.8 Å². The molecule has 0 atom stereocenters. The molecule has 2 aromatic heterocycles. The minimum Gasteiger partial charge on any atom is -0.444 e. The SMILES string of the molecule is CC(C)(C)OC(=O)N1CCN(c2ccn3c(=O)[nH]nc3n2)CC1. The summed E-state index contributed by atoms with van der Waals surface area (Å²) in [5.41, 5.74) is -0.803. The van der Waals surface area contributed by atoms with Crippen molar-refractivity contribution < 1.29 is 9.53 Å². The normalized spacial score (nSPS) is 16.0. The molecule has 0 unspecified atom stereocenters. The van der Waals surface area contributed by atoms with Crippen molar-refractivity contribution in [3.8, 4) is 0 Å². The zero-order valence-corrected chi connectivity index (χ0v) is 13.4. The summed E-state index contributed by atoms with van der Waals surface area (Å²) in [5, 5.41) is 6.22. The van der Waals surface area contributed by atoms with E-state index in [1.807, 2.05) is 20.8 Å². The van der Waals surface area contributed by atoms with Crippen LogP contribution in [-0.2, 0) is 4.74 Å². The Labute approximate surface area is 132 Å². The standard InChI is InChI=1S/C14H20N6O3/c1-14(2,3)23-13(22)19-8-6-18(7-9-19)10-4-5-20-11(15-10)16-17-12(20)21/h4-5H,6-9H2,1-3H3,(H,17,21). The third-order valence-electron chi connectivity index (χ3n) is 3.53. The number of hydrogen-bond donors (Lipinski definition) is 1. The van der Waals surface area contributed by atoms with Crippen LogP contribution >= 0.6 is 0 Å². The Balaban J connectivity index is 1.66. The molecule has 3 heterocycles. The molecule has 1 aliphatic rings. The van der Waals surface area contributed by atoms with E-state index in [1.165, 1.54) is 4.40 Å². The Morgan fingerprint density at radius 2 is 1.96 bits per heavy atom. The zero-order chi connectivity index (χ0) is 16.6. The van der Waals surface area contributed by atoms with E-state index >= 15 is 0 Å². The lowest BCUT2D eigenvalue weighted by atomic mass is 10.2. The van der Waals surface area contributed by atoms with Gasteiger partial charge in [-0.2, -0.15) is 4.98 Å². The number of ether oxygens (including phenoxy) is 1. The fraction of sp³-hybridized carbons (Fsp3) is 0.571. The van der Waals surface area contributed by atoms with Gasteiger partial charge in [-0.25, -0.2) is 19.1 Å². The predicted molar refractivity (Wildman–Crippen MR) is 83.6 cm³/mol. The second kappa shape index (κ2) is 5.56. The molecule has 3 rings (SSSR count). The summed E-state index contributed by atoms with van der Waals surface area (Å²) in [6.07, 6.45) is 1.35. The lowest BCUT2D eigenvalue weighted by molar-refractivity contribution is 0.0240. The van der Waals surface area contributed by atoms with Gasteiger partial charge in [-0.15, -0.1) is 5.10 Å². The van der Waals surface area contributed by atoms with Crippen molar-refractivity contribution in [3.63, 3.8) is 0 Å². The van der Waals surface area contributed by atoms with Crippen LogP contribution < -0.4 is 10.6 Å². The summed E-state index contributed by atoms with van der Waals surface area (Å²) >= 11 is 0. The van der Waals surface area contributed by atoms with Crippen LogP contribution in [0.3, 0.4) is 0 Å². The van der Waals surface area contributed by atoms with Crippen LogP contribution in [0.15, 0.2) is 17.1 Å². The summed E-state index contributed by atoms with van der Waals surface area (Å²) in [6.45, 7) is 7.99. The number of aromatic nitrogens is 4. The zero-order valence-electron chi connectivity index (χ0n) is 13.4. The van der Waals surface area contributed by atoms with Gasteiger partial charge in [0, 0.05) is 32.4 Å². The summed E-state index contributed by atoms with van der Waals surface area (Å²) < 4.78 is 6.73. The second-order valence-corrected chi connectivity index (χ2v) is 6.44. The molecule has 1 saturated heterocycles. The Morgan fingerprint density at radius 1 is 1.26 bits per heavy atom. The Hall–Kier alpha value is -2.58. The molecule has 0 radical (unpaired) electrons. The first-order valence-electron chi connectivity index (χ1n) is 7.50. The van der Waals surface area contributed by atoms with Gasteiger partial charge in [-0.1, -0.05) is 0 Å². The number of carbonyl (C=O) groups excluding carboxylic acids is 1. The number of amides is 1. The number of nitrogens with one attached hydrogen (secondary N) is 1. The smallest absolute Gasteiger partial charge is 0.410 e. The fourth-order valence-electron chi connectivity index (χ4n) is 2.41. The van der Waals surface area contributed by atoms with Crippen LogP contribution in [0, 0.1) is 0 Å². The quantitative estimate of drug-likeness (QED) is 0.821. The lowest BCUT2D eigenvalue weighted by Gasteiger charge is -2.36. The molecular formula is C14H20N6O3. The van der Waals surface area contributed by atoms with Crippen molar-refractivity contribution in [3.05, 3.63) is 22.7 Å². The monoisotopic (exact) mass is 320 g/mol. The van der Waals surface area contributed by atoms with Crippen molar-refractivity contribution >= 4 is 17.7 Å². The molecule has 0 spiro atoms. The third kappa shape index (κ3) is 3.27. The first-order valence-corrected chi connectivity index (χ1v) is 7.50. The minimum absolute atomic E-state index is 0.292. The lowest BCUT2D eigenvalue weighted by Crippen LogP contribution is -2.50. The van der Waals surface area contributed by atoms with Crippen molar-refractivity contribution in [2.24, 2.45) is 0 Å². The highest BCUT2D eigenvalue weighted by Crippen LogP contribution is 2.16. The number of aromatic amines is 1. The Morgan fingerprint density at radius 3 is 2.61 bits per heavy atom. The van der Waals surface area contributed by atoms with E-state index in [4.69, 9.17) is 4.74 Å². The molecule has 1 amide bonds. The fourth-order valence-corrected chi connectivity index (χ4v) is 2.41. The number of nitrogens with zero attached hydrogens (tertiary/aromatic N) is 5. The largest absolute Gasteiger partial charge is 0.444 e. The van der Waals surface area contributed by atoms with Gasteiger partial charge in [-0.05, 0) is 26.8 Å². The molecule has 0 aliphatic carbocycles. The molecule has 1 fully saturated rings. The van der Waals surface area contributed by atoms with Crippen LogP contribution in [-0.4, -0.2) is 62.4 Å². The highest BCUT2D eigenvalue weighted by Gasteiger charge is 2.26. The van der Waals surface area contributed by atoms with Gasteiger partial charge in [0.25, 0.3) is 5.78 Å². The molecule has 0 saturated carbocycles. The van der Waals surface area contributed by atoms with Gasteiger partial charge < -0.3 is 14.5 Å². The number of piperazine rings is 1. The molecule has 9 nitrogen and oxygen atoms in total. The van der Waals surface area contributed by atoms with E-state index in [1.54, 1.807) is 17.2 Å². The molecule has 1 N–H and O–H groups in total. The van der Waals surface area contributed by atoms with Crippen molar-refractivity contribution in [1.29, 1.82) is 0 Å². The maximum absolute atomic E-state index is 12.1. The number of carbonyl (C=O) groups is 1. The molecule has 0 bridgehead atoms. The van der Waals surface area contributed by atoms with E-state index in [9.17, 15) is 9.59 Å². The highest BCUT2D eigenvalue weighted by atomic mass is 16.6. The maximum Gasteiger partial charge on any atom is 0.410 e. The summed E-state index contributed by atoms with van der Waals surface area (Å²) in [7, 11) is 0. The molecule has 0 aromatic carbocycles. The van der Waals surface area contributed by atoms with Crippen molar-refractivity contribution in [2.45, 2.75) is 26.4 Å². The maximum atomic E-state index is 12.1. The number of H-pyrrole nitrogens is 1. The second-order valence-electron chi connectivity index (χ2n) is 6.44. The van der Waals surface area contributed by atoms with Crippen LogP contribution in [0.1, 0.15) is 20.8 Å². The van der Waals surface area contributed by atoms with E-state index < -0.39 is 5.60 Å². The Kier molecular flexibility index (Phi) is 3.70. The van der Waals surface area contributed by atoms with Gasteiger partial charge in [0.15, 0.2) is 0 Å². The molecular weight excluding hydrogens is 300 g/mol.